The molecule has 0 aromatic heterocycles. The van der Waals surface area contributed by atoms with Gasteiger partial charge in [0.05, 0.1) is 13.2 Å². The van der Waals surface area contributed by atoms with Crippen molar-refractivity contribution in [1.29, 1.82) is 0 Å². The molecule has 8 heteroatoms. The Morgan fingerprint density at radius 3 is 2.29 bits per heavy atom. The molecule has 0 unspecified atom stereocenters. The van der Waals surface area contributed by atoms with Crippen molar-refractivity contribution in [3.05, 3.63) is 0 Å². The SMILES string of the molecule is CCNC(=NCCCOCCOC)NCCNC(=O)C(C)(C)C.I. The molecule has 0 atom stereocenters. The van der Waals surface area contributed by atoms with E-state index in [2.05, 4.69) is 20.9 Å². The third-order valence-electron chi connectivity index (χ3n) is 2.88. The minimum Gasteiger partial charge on any atom is -0.382 e. The van der Waals surface area contributed by atoms with Crippen LogP contribution in [-0.4, -0.2) is 65.0 Å². The average molecular weight is 458 g/mol. The number of nitrogens with one attached hydrogen (secondary N) is 3. The van der Waals surface area contributed by atoms with Crippen molar-refractivity contribution in [2.75, 3.05) is 53.1 Å². The van der Waals surface area contributed by atoms with Gasteiger partial charge in [0.25, 0.3) is 0 Å². The number of methoxy groups -OCH3 is 1. The number of aliphatic imine (C=N–C) groups is 1. The maximum absolute atomic E-state index is 11.7. The van der Waals surface area contributed by atoms with Crippen molar-refractivity contribution in [3.63, 3.8) is 0 Å². The van der Waals surface area contributed by atoms with Crippen LogP contribution < -0.4 is 16.0 Å². The summed E-state index contributed by atoms with van der Waals surface area (Å²) in [5.41, 5.74) is -0.360. The summed E-state index contributed by atoms with van der Waals surface area (Å²) in [6.45, 7) is 12.3. The largest absolute Gasteiger partial charge is 0.382 e. The number of hydrogen-bond acceptors (Lipinski definition) is 4. The van der Waals surface area contributed by atoms with E-state index in [0.717, 1.165) is 18.9 Å². The van der Waals surface area contributed by atoms with Crippen LogP contribution >= 0.6 is 24.0 Å². The van der Waals surface area contributed by atoms with Crippen LogP contribution in [0.25, 0.3) is 0 Å². The Bertz CT molecular complexity index is 347. The highest BCUT2D eigenvalue weighted by Crippen LogP contribution is 2.11. The van der Waals surface area contributed by atoms with E-state index in [1.807, 2.05) is 27.7 Å². The van der Waals surface area contributed by atoms with Gasteiger partial charge in [-0.15, -0.1) is 24.0 Å². The second-order valence-electron chi connectivity index (χ2n) is 6.15. The summed E-state index contributed by atoms with van der Waals surface area (Å²) in [7, 11) is 1.66. The Kier molecular flexibility index (Phi) is 17.0. The van der Waals surface area contributed by atoms with Gasteiger partial charge in [-0.3, -0.25) is 9.79 Å². The number of rotatable bonds is 11. The number of carbonyl (C=O) groups is 1. The molecule has 0 bridgehead atoms. The maximum Gasteiger partial charge on any atom is 0.225 e. The fourth-order valence-corrected chi connectivity index (χ4v) is 1.57. The van der Waals surface area contributed by atoms with Crippen molar-refractivity contribution in [1.82, 2.24) is 16.0 Å². The predicted molar refractivity (Wildman–Crippen MR) is 109 cm³/mol. The van der Waals surface area contributed by atoms with E-state index in [1.165, 1.54) is 0 Å². The number of nitrogens with zero attached hydrogens (tertiary/aromatic N) is 1. The van der Waals surface area contributed by atoms with E-state index < -0.39 is 0 Å². The van der Waals surface area contributed by atoms with Gasteiger partial charge in [-0.1, -0.05) is 20.8 Å². The van der Waals surface area contributed by atoms with Gasteiger partial charge in [0.1, 0.15) is 0 Å². The van der Waals surface area contributed by atoms with Crippen LogP contribution in [0.4, 0.5) is 0 Å². The molecule has 3 N–H and O–H groups in total. The van der Waals surface area contributed by atoms with Gasteiger partial charge >= 0.3 is 0 Å². The number of hydrogen-bond donors (Lipinski definition) is 3. The highest BCUT2D eigenvalue weighted by Gasteiger charge is 2.20. The Balaban J connectivity index is 0. The summed E-state index contributed by atoms with van der Waals surface area (Å²) >= 11 is 0. The molecule has 0 saturated carbocycles. The maximum atomic E-state index is 11.7. The summed E-state index contributed by atoms with van der Waals surface area (Å²) in [6, 6.07) is 0. The van der Waals surface area contributed by atoms with Gasteiger partial charge < -0.3 is 25.4 Å². The van der Waals surface area contributed by atoms with E-state index in [0.29, 0.717) is 39.5 Å². The quantitative estimate of drug-likeness (QED) is 0.189. The Labute approximate surface area is 163 Å². The minimum atomic E-state index is -0.360. The first-order chi connectivity index (χ1) is 10.9. The molecule has 0 aliphatic carbocycles. The fraction of sp³-hybridized carbons (Fsp3) is 0.875. The van der Waals surface area contributed by atoms with E-state index in [9.17, 15) is 4.79 Å². The zero-order chi connectivity index (χ0) is 17.6. The van der Waals surface area contributed by atoms with Crippen LogP contribution in [0.5, 0.6) is 0 Å². The third-order valence-corrected chi connectivity index (χ3v) is 2.88. The normalized spacial score (nSPS) is 11.6. The minimum absolute atomic E-state index is 0. The van der Waals surface area contributed by atoms with Gasteiger partial charge in [-0.2, -0.15) is 0 Å². The first kappa shape index (κ1) is 25.6. The second kappa shape index (κ2) is 15.9. The highest BCUT2D eigenvalue weighted by molar-refractivity contribution is 14.0. The van der Waals surface area contributed by atoms with Crippen molar-refractivity contribution >= 4 is 35.8 Å². The van der Waals surface area contributed by atoms with E-state index in [-0.39, 0.29) is 35.3 Å². The summed E-state index contributed by atoms with van der Waals surface area (Å²) in [4.78, 5) is 16.2. The molecule has 0 rings (SSSR count). The van der Waals surface area contributed by atoms with Gasteiger partial charge in [0.15, 0.2) is 5.96 Å². The second-order valence-corrected chi connectivity index (χ2v) is 6.15. The first-order valence-electron chi connectivity index (χ1n) is 8.29. The molecule has 0 aromatic carbocycles. The van der Waals surface area contributed by atoms with E-state index >= 15 is 0 Å². The molecule has 0 aromatic rings. The fourth-order valence-electron chi connectivity index (χ4n) is 1.57. The Morgan fingerprint density at radius 2 is 1.71 bits per heavy atom. The van der Waals surface area contributed by atoms with E-state index in [4.69, 9.17) is 9.47 Å². The highest BCUT2D eigenvalue weighted by atomic mass is 127. The number of amides is 1. The standard InChI is InChI=1S/C16H34N4O3.HI/c1-6-17-15(19-8-7-11-23-13-12-22-5)20-10-9-18-14(21)16(2,3)4;/h6-13H2,1-5H3,(H,18,21)(H2,17,19,20);1H. The lowest BCUT2D eigenvalue weighted by atomic mass is 9.96. The molecule has 0 fully saturated rings. The molecule has 0 aliphatic rings. The molecular weight excluding hydrogens is 423 g/mol. The molecule has 1 amide bonds. The van der Waals surface area contributed by atoms with Gasteiger partial charge in [-0.05, 0) is 13.3 Å². The van der Waals surface area contributed by atoms with Crippen LogP contribution in [0.2, 0.25) is 0 Å². The summed E-state index contributed by atoms with van der Waals surface area (Å²) < 4.78 is 10.3. The molecule has 24 heavy (non-hydrogen) atoms. The van der Waals surface area contributed by atoms with E-state index in [1.54, 1.807) is 7.11 Å². The molecule has 144 valence electrons. The topological polar surface area (TPSA) is 84.0 Å². The number of ether oxygens (including phenoxy) is 2. The smallest absolute Gasteiger partial charge is 0.225 e. The summed E-state index contributed by atoms with van der Waals surface area (Å²) in [6.07, 6.45) is 0.862. The number of guanidine groups is 1. The van der Waals surface area contributed by atoms with Crippen molar-refractivity contribution in [2.24, 2.45) is 10.4 Å². The van der Waals surface area contributed by atoms with Gasteiger partial charge in [0.2, 0.25) is 5.91 Å². The van der Waals surface area contributed by atoms with Gasteiger partial charge in [-0.25, -0.2) is 0 Å². The summed E-state index contributed by atoms with van der Waals surface area (Å²) in [5.74, 6) is 0.809. The van der Waals surface area contributed by atoms with Crippen LogP contribution in [0.1, 0.15) is 34.1 Å². The van der Waals surface area contributed by atoms with Crippen LogP contribution in [0.15, 0.2) is 4.99 Å². The molecule has 0 saturated heterocycles. The molecule has 0 radical (unpaired) electrons. The zero-order valence-corrected chi connectivity index (χ0v) is 18.1. The Hall–Kier alpha value is -0.610. The zero-order valence-electron chi connectivity index (χ0n) is 15.7. The van der Waals surface area contributed by atoms with Crippen molar-refractivity contribution < 1.29 is 14.3 Å². The average Bonchev–Trinajstić information content (AvgIpc) is 2.49. The molecule has 0 spiro atoms. The summed E-state index contributed by atoms with van der Waals surface area (Å²) in [5, 5.41) is 9.28. The monoisotopic (exact) mass is 458 g/mol. The van der Waals surface area contributed by atoms with Crippen LogP contribution in [0.3, 0.4) is 0 Å². The molecule has 0 aliphatic heterocycles. The lowest BCUT2D eigenvalue weighted by molar-refractivity contribution is -0.128. The first-order valence-corrected chi connectivity index (χ1v) is 8.29. The lowest BCUT2D eigenvalue weighted by Crippen LogP contribution is -2.43. The lowest BCUT2D eigenvalue weighted by Gasteiger charge is -2.18. The Morgan fingerprint density at radius 1 is 1.04 bits per heavy atom. The van der Waals surface area contributed by atoms with Crippen molar-refractivity contribution in [2.45, 2.75) is 34.1 Å². The van der Waals surface area contributed by atoms with Crippen LogP contribution in [-0.2, 0) is 14.3 Å². The van der Waals surface area contributed by atoms with Crippen molar-refractivity contribution in [3.8, 4) is 0 Å². The van der Waals surface area contributed by atoms with Gasteiger partial charge in [0, 0.05) is 45.3 Å². The molecule has 7 nitrogen and oxygen atoms in total. The van der Waals surface area contributed by atoms with Crippen LogP contribution in [0, 0.1) is 5.41 Å². The number of carbonyl (C=O) groups excluding carboxylic acids is 1. The molecule has 0 heterocycles. The predicted octanol–water partition coefficient (Wildman–Crippen LogP) is 1.37. The molecular formula is C16H35IN4O3. The third kappa shape index (κ3) is 14.9. The number of halogens is 1.